The highest BCUT2D eigenvalue weighted by atomic mass is 19.1. The first-order valence-electron chi connectivity index (χ1n) is 5.37. The van der Waals surface area contributed by atoms with Gasteiger partial charge in [-0.15, -0.1) is 0 Å². The highest BCUT2D eigenvalue weighted by molar-refractivity contribution is 5.23. The molecule has 0 radical (unpaired) electrons. The van der Waals surface area contributed by atoms with E-state index >= 15 is 0 Å². The fourth-order valence-corrected chi connectivity index (χ4v) is 1.70. The second-order valence-corrected chi connectivity index (χ2v) is 3.83. The normalized spacial score (nSPS) is 12.4. The summed E-state index contributed by atoms with van der Waals surface area (Å²) in [5, 5.41) is 7.37. The maximum absolute atomic E-state index is 13.5. The maximum atomic E-state index is 13.5. The van der Waals surface area contributed by atoms with E-state index in [1.165, 1.54) is 12.4 Å². The number of aromatic nitrogens is 2. The highest BCUT2D eigenvalue weighted by Gasteiger charge is 2.14. The molecule has 3 N–H and O–H groups in total. The van der Waals surface area contributed by atoms with E-state index in [-0.39, 0.29) is 18.0 Å². The standard InChI is InChI=1S/C12H12F2N4/c13-10-1-2-11(14)9(5-10)6-12(18-15)8-3-4-16-17-7-8/h1-5,7,12,18H,6,15H2. The van der Waals surface area contributed by atoms with E-state index in [1.54, 1.807) is 6.07 Å². The summed E-state index contributed by atoms with van der Waals surface area (Å²) < 4.78 is 26.6. The van der Waals surface area contributed by atoms with Crippen molar-refractivity contribution in [2.24, 2.45) is 5.84 Å². The molecule has 0 spiro atoms. The van der Waals surface area contributed by atoms with Crippen LogP contribution < -0.4 is 11.3 Å². The monoisotopic (exact) mass is 250 g/mol. The Labute approximate surface area is 103 Å². The van der Waals surface area contributed by atoms with Crippen molar-refractivity contribution < 1.29 is 8.78 Å². The van der Waals surface area contributed by atoms with Gasteiger partial charge in [-0.2, -0.15) is 10.2 Å². The largest absolute Gasteiger partial charge is 0.271 e. The van der Waals surface area contributed by atoms with Gasteiger partial charge in [-0.3, -0.25) is 11.3 Å². The van der Waals surface area contributed by atoms with Crippen LogP contribution in [0.15, 0.2) is 36.7 Å². The maximum Gasteiger partial charge on any atom is 0.126 e. The number of nitrogens with zero attached hydrogens (tertiary/aromatic N) is 2. The lowest BCUT2D eigenvalue weighted by Gasteiger charge is -2.16. The summed E-state index contributed by atoms with van der Waals surface area (Å²) >= 11 is 0. The fourth-order valence-electron chi connectivity index (χ4n) is 1.70. The molecule has 0 saturated heterocycles. The van der Waals surface area contributed by atoms with Crippen molar-refractivity contribution in [2.45, 2.75) is 12.5 Å². The Morgan fingerprint density at radius 2 is 2.06 bits per heavy atom. The number of rotatable bonds is 4. The van der Waals surface area contributed by atoms with Gasteiger partial charge in [0.1, 0.15) is 11.6 Å². The Morgan fingerprint density at radius 3 is 2.72 bits per heavy atom. The van der Waals surface area contributed by atoms with Gasteiger partial charge in [0.15, 0.2) is 0 Å². The van der Waals surface area contributed by atoms with Crippen molar-refractivity contribution in [3.63, 3.8) is 0 Å². The Hall–Kier alpha value is -1.92. The molecule has 18 heavy (non-hydrogen) atoms. The molecule has 1 aromatic carbocycles. The molecular weight excluding hydrogens is 238 g/mol. The fraction of sp³-hybridized carbons (Fsp3) is 0.167. The molecule has 1 heterocycles. The quantitative estimate of drug-likeness (QED) is 0.637. The number of hydrogen-bond acceptors (Lipinski definition) is 4. The summed E-state index contributed by atoms with van der Waals surface area (Å²) in [7, 11) is 0. The Bertz CT molecular complexity index is 519. The van der Waals surface area contributed by atoms with Crippen molar-refractivity contribution in [1.82, 2.24) is 15.6 Å². The van der Waals surface area contributed by atoms with Gasteiger partial charge in [0, 0.05) is 6.20 Å². The molecular formula is C12H12F2N4. The van der Waals surface area contributed by atoms with Crippen LogP contribution in [0.4, 0.5) is 8.78 Å². The van der Waals surface area contributed by atoms with Crippen LogP contribution in [-0.4, -0.2) is 10.2 Å². The zero-order valence-electron chi connectivity index (χ0n) is 9.48. The van der Waals surface area contributed by atoms with Gasteiger partial charge in [0.05, 0.1) is 12.2 Å². The zero-order chi connectivity index (χ0) is 13.0. The molecule has 94 valence electrons. The van der Waals surface area contributed by atoms with E-state index in [0.29, 0.717) is 0 Å². The van der Waals surface area contributed by atoms with Crippen molar-refractivity contribution in [3.8, 4) is 0 Å². The predicted molar refractivity (Wildman–Crippen MR) is 62.2 cm³/mol. The molecule has 0 aliphatic rings. The SMILES string of the molecule is NNC(Cc1cc(F)ccc1F)c1ccnnc1. The molecule has 2 aromatic rings. The highest BCUT2D eigenvalue weighted by Crippen LogP contribution is 2.19. The first-order valence-corrected chi connectivity index (χ1v) is 5.37. The lowest BCUT2D eigenvalue weighted by Crippen LogP contribution is -2.30. The molecule has 0 aliphatic heterocycles. The summed E-state index contributed by atoms with van der Waals surface area (Å²) in [6.07, 6.45) is 3.27. The third-order valence-electron chi connectivity index (χ3n) is 2.64. The van der Waals surface area contributed by atoms with Crippen LogP contribution in [0.3, 0.4) is 0 Å². The van der Waals surface area contributed by atoms with Gasteiger partial charge in [-0.1, -0.05) is 0 Å². The van der Waals surface area contributed by atoms with Crippen molar-refractivity contribution in [2.75, 3.05) is 0 Å². The molecule has 0 fully saturated rings. The Balaban J connectivity index is 2.23. The topological polar surface area (TPSA) is 63.8 Å². The van der Waals surface area contributed by atoms with Crippen LogP contribution >= 0.6 is 0 Å². The summed E-state index contributed by atoms with van der Waals surface area (Å²) in [6, 6.07) is 4.71. The number of hydrazine groups is 1. The summed E-state index contributed by atoms with van der Waals surface area (Å²) in [5.41, 5.74) is 3.58. The van der Waals surface area contributed by atoms with Gasteiger partial charge in [-0.25, -0.2) is 8.78 Å². The molecule has 1 atom stereocenters. The van der Waals surface area contributed by atoms with Crippen molar-refractivity contribution >= 4 is 0 Å². The third kappa shape index (κ3) is 2.85. The van der Waals surface area contributed by atoms with Crippen LogP contribution in [0.5, 0.6) is 0 Å². The third-order valence-corrected chi connectivity index (χ3v) is 2.64. The van der Waals surface area contributed by atoms with E-state index in [4.69, 9.17) is 5.84 Å². The van der Waals surface area contributed by atoms with E-state index in [0.717, 1.165) is 23.8 Å². The average Bonchev–Trinajstić information content (AvgIpc) is 2.41. The van der Waals surface area contributed by atoms with E-state index < -0.39 is 11.6 Å². The van der Waals surface area contributed by atoms with Crippen LogP contribution in [-0.2, 0) is 6.42 Å². The van der Waals surface area contributed by atoms with Gasteiger partial charge < -0.3 is 0 Å². The smallest absolute Gasteiger partial charge is 0.126 e. The van der Waals surface area contributed by atoms with Crippen LogP contribution in [0, 0.1) is 11.6 Å². The lowest BCUT2D eigenvalue weighted by atomic mass is 10.0. The molecule has 2 rings (SSSR count). The van der Waals surface area contributed by atoms with Gasteiger partial charge in [0.25, 0.3) is 0 Å². The molecule has 1 unspecified atom stereocenters. The summed E-state index contributed by atoms with van der Waals surface area (Å²) in [5.74, 6) is 4.49. The molecule has 0 aliphatic carbocycles. The molecule has 0 bridgehead atoms. The Morgan fingerprint density at radius 1 is 1.22 bits per heavy atom. The van der Waals surface area contributed by atoms with E-state index in [9.17, 15) is 8.78 Å². The number of nitrogens with one attached hydrogen (secondary N) is 1. The molecule has 0 amide bonds. The van der Waals surface area contributed by atoms with Crippen molar-refractivity contribution in [3.05, 3.63) is 59.4 Å². The molecule has 4 nitrogen and oxygen atoms in total. The number of benzene rings is 1. The number of halogens is 2. The predicted octanol–water partition coefficient (Wildman–Crippen LogP) is 1.50. The minimum atomic E-state index is -0.477. The molecule has 0 saturated carbocycles. The van der Waals surface area contributed by atoms with Gasteiger partial charge in [0.2, 0.25) is 0 Å². The van der Waals surface area contributed by atoms with E-state index in [2.05, 4.69) is 15.6 Å². The minimum Gasteiger partial charge on any atom is -0.271 e. The molecule has 1 aromatic heterocycles. The van der Waals surface area contributed by atoms with Crippen molar-refractivity contribution in [1.29, 1.82) is 0 Å². The van der Waals surface area contributed by atoms with E-state index in [1.807, 2.05) is 0 Å². The minimum absolute atomic E-state index is 0.228. The zero-order valence-corrected chi connectivity index (χ0v) is 9.48. The van der Waals surface area contributed by atoms with Crippen LogP contribution in [0.2, 0.25) is 0 Å². The number of nitrogens with two attached hydrogens (primary N) is 1. The average molecular weight is 250 g/mol. The van der Waals surface area contributed by atoms with Gasteiger partial charge >= 0.3 is 0 Å². The van der Waals surface area contributed by atoms with Gasteiger partial charge in [-0.05, 0) is 41.8 Å². The second kappa shape index (κ2) is 5.61. The summed E-state index contributed by atoms with van der Waals surface area (Å²) in [4.78, 5) is 0. The second-order valence-electron chi connectivity index (χ2n) is 3.83. The number of hydrogen-bond donors (Lipinski definition) is 2. The Kier molecular flexibility index (Phi) is 3.91. The first-order chi connectivity index (χ1) is 8.70. The lowest BCUT2D eigenvalue weighted by molar-refractivity contribution is 0.521. The first kappa shape index (κ1) is 12.5. The molecule has 6 heteroatoms. The summed E-state index contributed by atoms with van der Waals surface area (Å²) in [6.45, 7) is 0. The van der Waals surface area contributed by atoms with Crippen LogP contribution in [0.25, 0.3) is 0 Å². The van der Waals surface area contributed by atoms with Crippen LogP contribution in [0.1, 0.15) is 17.2 Å².